The number of benzene rings is 1. The minimum absolute atomic E-state index is 0.171. The Hall–Kier alpha value is -2.89. The first kappa shape index (κ1) is 17.0. The van der Waals surface area contributed by atoms with E-state index < -0.39 is 0 Å². The van der Waals surface area contributed by atoms with Gasteiger partial charge in [0.2, 0.25) is 5.71 Å². The SMILES string of the molecule is Cc1cccc(C(C)(C)CNC(=O)c2c(C)oc3nc[nH]c(=O)c23)c1. The molecule has 0 spiro atoms. The van der Waals surface area contributed by atoms with E-state index in [1.165, 1.54) is 11.9 Å². The number of H-pyrrole nitrogens is 1. The fourth-order valence-corrected chi connectivity index (χ4v) is 2.88. The molecule has 0 bridgehead atoms. The average Bonchev–Trinajstić information content (AvgIpc) is 2.90. The predicted octanol–water partition coefficient (Wildman–Crippen LogP) is 2.84. The zero-order valence-corrected chi connectivity index (χ0v) is 14.8. The number of nitrogens with one attached hydrogen (secondary N) is 2. The summed E-state index contributed by atoms with van der Waals surface area (Å²) < 4.78 is 5.44. The molecule has 6 nitrogen and oxygen atoms in total. The number of nitrogens with zero attached hydrogens (tertiary/aromatic N) is 1. The van der Waals surface area contributed by atoms with Crippen LogP contribution in [0.15, 0.2) is 39.8 Å². The summed E-state index contributed by atoms with van der Waals surface area (Å²) in [5.41, 5.74) is 2.09. The van der Waals surface area contributed by atoms with Gasteiger partial charge < -0.3 is 14.7 Å². The molecule has 130 valence electrons. The summed E-state index contributed by atoms with van der Waals surface area (Å²) in [7, 11) is 0. The number of carbonyl (C=O) groups excluding carboxylic acids is 1. The maximum Gasteiger partial charge on any atom is 0.262 e. The van der Waals surface area contributed by atoms with Gasteiger partial charge in [0.25, 0.3) is 11.5 Å². The Labute approximate surface area is 145 Å². The van der Waals surface area contributed by atoms with Crippen LogP contribution in [-0.2, 0) is 5.41 Å². The summed E-state index contributed by atoms with van der Waals surface area (Å²) in [6, 6.07) is 8.21. The summed E-state index contributed by atoms with van der Waals surface area (Å²) in [6.07, 6.45) is 1.26. The molecule has 1 aromatic carbocycles. The molecule has 0 saturated heterocycles. The molecule has 3 rings (SSSR count). The van der Waals surface area contributed by atoms with Gasteiger partial charge in [-0.15, -0.1) is 0 Å². The van der Waals surface area contributed by atoms with E-state index in [0.29, 0.717) is 12.3 Å². The van der Waals surface area contributed by atoms with Gasteiger partial charge in [-0.2, -0.15) is 0 Å². The molecule has 0 aliphatic carbocycles. The number of carbonyl (C=O) groups is 1. The molecule has 0 aliphatic heterocycles. The Balaban J connectivity index is 1.86. The lowest BCUT2D eigenvalue weighted by Gasteiger charge is -2.26. The number of aryl methyl sites for hydroxylation is 2. The maximum absolute atomic E-state index is 12.7. The molecule has 6 heteroatoms. The Kier molecular flexibility index (Phi) is 4.20. The van der Waals surface area contributed by atoms with Crippen molar-refractivity contribution >= 4 is 17.0 Å². The molecule has 3 aromatic rings. The molecule has 2 aromatic heterocycles. The van der Waals surface area contributed by atoms with Gasteiger partial charge in [0.15, 0.2) is 0 Å². The third-order valence-corrected chi connectivity index (χ3v) is 4.39. The van der Waals surface area contributed by atoms with Gasteiger partial charge >= 0.3 is 0 Å². The lowest BCUT2D eigenvalue weighted by atomic mass is 9.84. The first-order valence-corrected chi connectivity index (χ1v) is 8.12. The van der Waals surface area contributed by atoms with E-state index in [4.69, 9.17) is 4.42 Å². The highest BCUT2D eigenvalue weighted by Crippen LogP contribution is 2.24. The normalized spacial score (nSPS) is 11.7. The van der Waals surface area contributed by atoms with Crippen LogP contribution in [0, 0.1) is 13.8 Å². The van der Waals surface area contributed by atoms with Crippen LogP contribution in [0.1, 0.15) is 41.1 Å². The standard InChI is InChI=1S/C19H21N3O3/c1-11-6-5-7-13(8-11)19(3,4)9-20-16(23)14-12(2)25-18-15(14)17(24)21-10-22-18/h5-8,10H,9H2,1-4H3,(H,20,23)(H,21,22,24). The first-order chi connectivity index (χ1) is 11.8. The van der Waals surface area contributed by atoms with Crippen LogP contribution in [0.25, 0.3) is 11.1 Å². The van der Waals surface area contributed by atoms with Gasteiger partial charge in [-0.05, 0) is 19.4 Å². The van der Waals surface area contributed by atoms with Crippen LogP contribution in [0.5, 0.6) is 0 Å². The third kappa shape index (κ3) is 3.20. The third-order valence-electron chi connectivity index (χ3n) is 4.39. The first-order valence-electron chi connectivity index (χ1n) is 8.12. The molecule has 0 fully saturated rings. The smallest absolute Gasteiger partial charge is 0.262 e. The number of hydrogen-bond acceptors (Lipinski definition) is 4. The van der Waals surface area contributed by atoms with E-state index in [1.807, 2.05) is 25.1 Å². The van der Waals surface area contributed by atoms with E-state index in [9.17, 15) is 9.59 Å². The van der Waals surface area contributed by atoms with Crippen molar-refractivity contribution in [2.45, 2.75) is 33.1 Å². The van der Waals surface area contributed by atoms with E-state index in [-0.39, 0.29) is 33.5 Å². The van der Waals surface area contributed by atoms with Crippen LogP contribution >= 0.6 is 0 Å². The number of furan rings is 1. The van der Waals surface area contributed by atoms with Gasteiger partial charge in [-0.1, -0.05) is 43.7 Å². The summed E-state index contributed by atoms with van der Waals surface area (Å²) >= 11 is 0. The molecule has 2 heterocycles. The minimum Gasteiger partial charge on any atom is -0.442 e. The Bertz CT molecular complexity index is 999. The second kappa shape index (κ2) is 6.20. The molecule has 0 aliphatic rings. The fourth-order valence-electron chi connectivity index (χ4n) is 2.88. The Morgan fingerprint density at radius 2 is 2.08 bits per heavy atom. The van der Waals surface area contributed by atoms with Crippen molar-refractivity contribution in [3.05, 3.63) is 63.4 Å². The van der Waals surface area contributed by atoms with Crippen molar-refractivity contribution in [1.29, 1.82) is 0 Å². The van der Waals surface area contributed by atoms with Crippen molar-refractivity contribution in [2.24, 2.45) is 0 Å². The van der Waals surface area contributed by atoms with Crippen LogP contribution in [-0.4, -0.2) is 22.4 Å². The van der Waals surface area contributed by atoms with Crippen molar-refractivity contribution in [3.8, 4) is 0 Å². The van der Waals surface area contributed by atoms with Crippen molar-refractivity contribution < 1.29 is 9.21 Å². The van der Waals surface area contributed by atoms with Crippen LogP contribution in [0.4, 0.5) is 0 Å². The summed E-state index contributed by atoms with van der Waals surface area (Å²) in [6.45, 7) is 8.26. The molecule has 25 heavy (non-hydrogen) atoms. The van der Waals surface area contributed by atoms with E-state index in [0.717, 1.165) is 5.56 Å². The number of amides is 1. The predicted molar refractivity (Wildman–Crippen MR) is 95.9 cm³/mol. The van der Waals surface area contributed by atoms with Crippen molar-refractivity contribution in [3.63, 3.8) is 0 Å². The monoisotopic (exact) mass is 339 g/mol. The Morgan fingerprint density at radius 3 is 2.80 bits per heavy atom. The molecule has 1 amide bonds. The highest BCUT2D eigenvalue weighted by molar-refractivity contribution is 6.06. The van der Waals surface area contributed by atoms with Gasteiger partial charge in [0, 0.05) is 12.0 Å². The van der Waals surface area contributed by atoms with Gasteiger partial charge in [-0.25, -0.2) is 4.98 Å². The lowest BCUT2D eigenvalue weighted by molar-refractivity contribution is 0.0945. The minimum atomic E-state index is -0.384. The molecular weight excluding hydrogens is 318 g/mol. The second-order valence-electron chi connectivity index (χ2n) is 6.88. The number of hydrogen-bond donors (Lipinski definition) is 2. The van der Waals surface area contributed by atoms with Crippen LogP contribution < -0.4 is 10.9 Å². The quantitative estimate of drug-likeness (QED) is 0.765. The molecule has 0 saturated carbocycles. The number of fused-ring (bicyclic) bond motifs is 1. The fraction of sp³-hybridized carbons (Fsp3) is 0.316. The van der Waals surface area contributed by atoms with Crippen molar-refractivity contribution in [1.82, 2.24) is 15.3 Å². The highest BCUT2D eigenvalue weighted by atomic mass is 16.3. The highest BCUT2D eigenvalue weighted by Gasteiger charge is 2.25. The molecule has 2 N–H and O–H groups in total. The lowest BCUT2D eigenvalue weighted by Crippen LogP contribution is -2.37. The molecular formula is C19H21N3O3. The zero-order valence-electron chi connectivity index (χ0n) is 14.8. The van der Waals surface area contributed by atoms with E-state index in [2.05, 4.69) is 35.2 Å². The zero-order chi connectivity index (χ0) is 18.2. The summed E-state index contributed by atoms with van der Waals surface area (Å²) in [5, 5.41) is 3.11. The molecule has 0 unspecified atom stereocenters. The topological polar surface area (TPSA) is 88.0 Å². The number of rotatable bonds is 4. The summed E-state index contributed by atoms with van der Waals surface area (Å²) in [4.78, 5) is 31.2. The number of aromatic amines is 1. The second-order valence-corrected chi connectivity index (χ2v) is 6.88. The average molecular weight is 339 g/mol. The Morgan fingerprint density at radius 1 is 1.32 bits per heavy atom. The van der Waals surface area contributed by atoms with E-state index >= 15 is 0 Å². The number of aromatic nitrogens is 2. The van der Waals surface area contributed by atoms with Gasteiger partial charge in [0.05, 0.1) is 11.9 Å². The van der Waals surface area contributed by atoms with Crippen LogP contribution in [0.2, 0.25) is 0 Å². The van der Waals surface area contributed by atoms with Crippen molar-refractivity contribution in [2.75, 3.05) is 6.54 Å². The van der Waals surface area contributed by atoms with Gasteiger partial charge in [-0.3, -0.25) is 9.59 Å². The molecule has 0 atom stereocenters. The van der Waals surface area contributed by atoms with Gasteiger partial charge in [0.1, 0.15) is 11.1 Å². The summed E-state index contributed by atoms with van der Waals surface area (Å²) in [5.74, 6) is 0.0422. The van der Waals surface area contributed by atoms with Crippen LogP contribution in [0.3, 0.4) is 0 Å². The molecule has 0 radical (unpaired) electrons. The largest absolute Gasteiger partial charge is 0.442 e. The van der Waals surface area contributed by atoms with E-state index in [1.54, 1.807) is 6.92 Å². The maximum atomic E-state index is 12.7.